The maximum Gasteiger partial charge on any atom is 0.237 e. The number of aliphatic hydroxyl groups is 4. The van der Waals surface area contributed by atoms with Crippen LogP contribution >= 0.6 is 11.8 Å². The Hall–Kier alpha value is -0.420. The number of hydrogen-bond acceptors (Lipinski definition) is 8. The number of ether oxygens (including phenoxy) is 1. The van der Waals surface area contributed by atoms with Gasteiger partial charge in [0.15, 0.2) is 0 Å². The molecule has 0 aromatic rings. The first kappa shape index (κ1) is 22.9. The highest BCUT2D eigenvalue weighted by molar-refractivity contribution is 7.99. The average Bonchev–Trinajstić information content (AvgIpc) is 2.99. The molecule has 27 heavy (non-hydrogen) atoms. The molecule has 5 N–H and O–H groups in total. The van der Waals surface area contributed by atoms with Gasteiger partial charge in [0.2, 0.25) is 5.91 Å². The van der Waals surface area contributed by atoms with E-state index in [4.69, 9.17) is 4.74 Å². The maximum atomic E-state index is 12.8. The fourth-order valence-corrected chi connectivity index (χ4v) is 4.81. The Balaban J connectivity index is 2.09. The highest BCUT2D eigenvalue weighted by atomic mass is 32.2. The van der Waals surface area contributed by atoms with Crippen LogP contribution in [0.2, 0.25) is 0 Å². The third-order valence-corrected chi connectivity index (χ3v) is 6.51. The summed E-state index contributed by atoms with van der Waals surface area (Å²) >= 11 is 1.20. The van der Waals surface area contributed by atoms with Crippen LogP contribution in [0.5, 0.6) is 0 Å². The van der Waals surface area contributed by atoms with Crippen molar-refractivity contribution in [3.63, 3.8) is 0 Å². The van der Waals surface area contributed by atoms with Gasteiger partial charge in [-0.1, -0.05) is 13.3 Å². The van der Waals surface area contributed by atoms with Gasteiger partial charge in [-0.25, -0.2) is 0 Å². The summed E-state index contributed by atoms with van der Waals surface area (Å²) in [7, 11) is 1.91. The number of likely N-dealkylation sites (tertiary alicyclic amines) is 1. The highest BCUT2D eigenvalue weighted by Crippen LogP contribution is 2.30. The molecule has 2 fully saturated rings. The lowest BCUT2D eigenvalue weighted by atomic mass is 9.92. The van der Waals surface area contributed by atoms with Gasteiger partial charge in [0.05, 0.1) is 18.2 Å². The standard InChI is InChI=1S/C18H34N2O6S/c1-5-6-10-7-11(20(3)8-10)17(25)19-12(9(2)21)16-14(23)13(22)15(24)18(26-16)27-4/h9-16,18,21-24H,5-8H2,1-4H3,(H,19,25)/t9-,10-,11-,12?,13-,14+,15-,16+,18+/m0/s1. The fourth-order valence-electron chi connectivity index (χ4n) is 4.13. The van der Waals surface area contributed by atoms with Crippen molar-refractivity contribution in [1.82, 2.24) is 10.2 Å². The zero-order valence-electron chi connectivity index (χ0n) is 16.5. The molecule has 2 aliphatic rings. The SMILES string of the molecule is CCC[C@H]1C[C@@H](C(=O)NC([C@H](C)O)[C@H]2O[C@H](SC)[C@@H](O)[C@@H](O)[C@H]2O)N(C)C1. The molecule has 0 saturated carbocycles. The number of likely N-dealkylation sites (N-methyl/N-ethyl adjacent to an activating group) is 1. The molecular weight excluding hydrogens is 372 g/mol. The second-order valence-corrected chi connectivity index (χ2v) is 8.73. The molecule has 1 amide bonds. The quantitative estimate of drug-likeness (QED) is 0.370. The predicted molar refractivity (Wildman–Crippen MR) is 103 cm³/mol. The van der Waals surface area contributed by atoms with E-state index < -0.39 is 42.0 Å². The Kier molecular flexibility index (Phi) is 8.35. The van der Waals surface area contributed by atoms with Crippen molar-refractivity contribution < 1.29 is 30.0 Å². The van der Waals surface area contributed by atoms with Crippen molar-refractivity contribution >= 4 is 17.7 Å². The zero-order valence-corrected chi connectivity index (χ0v) is 17.3. The van der Waals surface area contributed by atoms with Gasteiger partial charge >= 0.3 is 0 Å². The van der Waals surface area contributed by atoms with Crippen LogP contribution in [-0.2, 0) is 9.53 Å². The summed E-state index contributed by atoms with van der Waals surface area (Å²) in [6, 6.07) is -1.20. The lowest BCUT2D eigenvalue weighted by molar-refractivity contribution is -0.211. The molecule has 2 saturated heterocycles. The number of aliphatic hydroxyl groups excluding tert-OH is 4. The van der Waals surface area contributed by atoms with Crippen molar-refractivity contribution in [2.24, 2.45) is 5.92 Å². The first-order valence-electron chi connectivity index (χ1n) is 9.62. The Morgan fingerprint density at radius 2 is 1.96 bits per heavy atom. The molecule has 0 aromatic heterocycles. The summed E-state index contributed by atoms with van der Waals surface area (Å²) in [5.74, 6) is 0.245. The van der Waals surface area contributed by atoms with Crippen LogP contribution < -0.4 is 5.32 Å². The number of rotatable bonds is 7. The van der Waals surface area contributed by atoms with Crippen molar-refractivity contribution in [3.05, 3.63) is 0 Å². The Bertz CT molecular complexity index is 494. The van der Waals surface area contributed by atoms with Crippen LogP contribution in [0, 0.1) is 5.92 Å². The number of amides is 1. The average molecular weight is 407 g/mol. The largest absolute Gasteiger partial charge is 0.391 e. The van der Waals surface area contributed by atoms with Gasteiger partial charge in [0, 0.05) is 6.54 Å². The van der Waals surface area contributed by atoms with Crippen LogP contribution in [0.25, 0.3) is 0 Å². The van der Waals surface area contributed by atoms with Crippen molar-refractivity contribution in [3.8, 4) is 0 Å². The summed E-state index contributed by atoms with van der Waals surface area (Å²) in [6.45, 7) is 4.48. The highest BCUT2D eigenvalue weighted by Gasteiger charge is 2.48. The molecule has 8 nitrogen and oxygen atoms in total. The van der Waals surface area contributed by atoms with Gasteiger partial charge in [0.1, 0.15) is 29.9 Å². The van der Waals surface area contributed by atoms with Gasteiger partial charge in [-0.3, -0.25) is 9.69 Å². The lowest BCUT2D eigenvalue weighted by Crippen LogP contribution is -2.65. The number of nitrogens with zero attached hydrogens (tertiary/aromatic N) is 1. The third-order valence-electron chi connectivity index (χ3n) is 5.66. The summed E-state index contributed by atoms with van der Waals surface area (Å²) < 4.78 is 5.72. The predicted octanol–water partition coefficient (Wildman–Crippen LogP) is -0.857. The molecule has 2 aliphatic heterocycles. The van der Waals surface area contributed by atoms with E-state index in [9.17, 15) is 25.2 Å². The van der Waals surface area contributed by atoms with E-state index in [1.807, 2.05) is 11.9 Å². The topological polar surface area (TPSA) is 122 Å². The van der Waals surface area contributed by atoms with Gasteiger partial charge in [-0.15, -0.1) is 11.8 Å². The first-order valence-corrected chi connectivity index (χ1v) is 10.9. The van der Waals surface area contributed by atoms with Crippen molar-refractivity contribution in [2.45, 2.75) is 81.1 Å². The normalized spacial score (nSPS) is 39.9. The van der Waals surface area contributed by atoms with Crippen LogP contribution in [0.15, 0.2) is 0 Å². The number of hydrogen-bond donors (Lipinski definition) is 5. The number of carbonyl (C=O) groups excluding carboxylic acids is 1. The Morgan fingerprint density at radius 1 is 1.30 bits per heavy atom. The number of nitrogens with one attached hydrogen (secondary N) is 1. The molecule has 0 spiro atoms. The smallest absolute Gasteiger partial charge is 0.237 e. The van der Waals surface area contributed by atoms with E-state index in [-0.39, 0.29) is 11.9 Å². The molecule has 0 bridgehead atoms. The molecular formula is C18H34N2O6S. The minimum absolute atomic E-state index is 0.223. The van der Waals surface area contributed by atoms with Crippen LogP contribution in [0.3, 0.4) is 0 Å². The second-order valence-electron chi connectivity index (χ2n) is 7.80. The summed E-state index contributed by atoms with van der Waals surface area (Å²) in [6.07, 6.45) is -1.50. The maximum absolute atomic E-state index is 12.8. The molecule has 9 heteroatoms. The van der Waals surface area contributed by atoms with E-state index in [1.54, 1.807) is 6.26 Å². The Morgan fingerprint density at radius 3 is 2.52 bits per heavy atom. The molecule has 0 aromatic carbocycles. The second kappa shape index (κ2) is 9.87. The lowest BCUT2D eigenvalue weighted by Gasteiger charge is -2.44. The van der Waals surface area contributed by atoms with Gasteiger partial charge in [-0.2, -0.15) is 0 Å². The first-order chi connectivity index (χ1) is 12.7. The minimum Gasteiger partial charge on any atom is -0.391 e. The Labute approximate surface area is 165 Å². The molecule has 1 unspecified atom stereocenters. The van der Waals surface area contributed by atoms with E-state index in [1.165, 1.54) is 18.7 Å². The van der Waals surface area contributed by atoms with Crippen molar-refractivity contribution in [2.75, 3.05) is 19.8 Å². The van der Waals surface area contributed by atoms with Crippen LogP contribution in [-0.4, -0.2) is 99.1 Å². The summed E-state index contributed by atoms with van der Waals surface area (Å²) in [5, 5.41) is 43.5. The fraction of sp³-hybridized carbons (Fsp3) is 0.944. The zero-order chi connectivity index (χ0) is 20.3. The van der Waals surface area contributed by atoms with Crippen LogP contribution in [0.4, 0.5) is 0 Å². The molecule has 0 aliphatic carbocycles. The van der Waals surface area contributed by atoms with E-state index in [2.05, 4.69) is 12.2 Å². The summed E-state index contributed by atoms with van der Waals surface area (Å²) in [5.41, 5.74) is -0.755. The van der Waals surface area contributed by atoms with Gasteiger partial charge in [-0.05, 0) is 39.0 Å². The minimum atomic E-state index is -1.42. The number of carbonyl (C=O) groups is 1. The molecule has 2 heterocycles. The molecule has 0 radical (unpaired) electrons. The summed E-state index contributed by atoms with van der Waals surface area (Å²) in [4.78, 5) is 14.9. The van der Waals surface area contributed by atoms with Gasteiger partial charge in [0.25, 0.3) is 0 Å². The molecule has 2 rings (SSSR count). The molecule has 9 atom stereocenters. The molecule has 158 valence electrons. The van der Waals surface area contributed by atoms with Crippen LogP contribution in [0.1, 0.15) is 33.1 Å². The van der Waals surface area contributed by atoms with E-state index >= 15 is 0 Å². The van der Waals surface area contributed by atoms with E-state index in [0.717, 1.165) is 25.8 Å². The van der Waals surface area contributed by atoms with Crippen molar-refractivity contribution in [1.29, 1.82) is 0 Å². The van der Waals surface area contributed by atoms with Gasteiger partial charge < -0.3 is 30.5 Å². The number of thioether (sulfide) groups is 1. The third kappa shape index (κ3) is 5.14. The van der Waals surface area contributed by atoms with E-state index in [0.29, 0.717) is 5.92 Å². The monoisotopic (exact) mass is 406 g/mol.